The largest absolute Gasteiger partial charge is 0.507 e. The summed E-state index contributed by atoms with van der Waals surface area (Å²) in [5.74, 6) is -3.85. The molecule has 0 unspecified atom stereocenters. The highest BCUT2D eigenvalue weighted by molar-refractivity contribution is 6.30. The molecule has 9 nitrogen and oxygen atoms in total. The predicted octanol–water partition coefficient (Wildman–Crippen LogP) is 6.19. The number of carboxylic acids is 3. The first-order valence-electron chi connectivity index (χ1n) is 12.1. The molecule has 0 aromatic heterocycles. The van der Waals surface area contributed by atoms with E-state index in [1.807, 2.05) is 0 Å². The molecule has 0 bridgehead atoms. The fourth-order valence-corrected chi connectivity index (χ4v) is 4.49. The molecule has 0 saturated carbocycles. The highest BCUT2D eigenvalue weighted by Gasteiger charge is 2.22. The summed E-state index contributed by atoms with van der Waals surface area (Å²) < 4.78 is 4.86. The molecule has 5 aromatic rings. The van der Waals surface area contributed by atoms with E-state index in [0.717, 1.165) is 0 Å². The number of ether oxygens (including phenoxy) is 1. The van der Waals surface area contributed by atoms with Crippen LogP contribution in [-0.4, -0.2) is 50.0 Å². The fraction of sp³-hybridized carbons (Fsp3) is 0.0645. The maximum atomic E-state index is 11.6. The molecule has 5 N–H and O–H groups in total. The molecule has 208 valence electrons. The molecule has 0 aliphatic carbocycles. The van der Waals surface area contributed by atoms with Gasteiger partial charge in [-0.05, 0) is 57.9 Å². The zero-order chi connectivity index (χ0) is 29.7. The van der Waals surface area contributed by atoms with E-state index in [9.17, 15) is 34.8 Å². The summed E-state index contributed by atoms with van der Waals surface area (Å²) in [6.07, 6.45) is -0.0407. The van der Waals surface area contributed by atoms with Crippen molar-refractivity contribution in [3.8, 4) is 17.2 Å². The number of carboxylic acid groups (broad SMARTS) is 3. The van der Waals surface area contributed by atoms with Crippen LogP contribution in [0.1, 0.15) is 31.8 Å². The Kier molecular flexibility index (Phi) is 8.60. The minimum atomic E-state index is -1.28. The van der Waals surface area contributed by atoms with E-state index in [1.54, 1.807) is 72.8 Å². The van der Waals surface area contributed by atoms with Gasteiger partial charge in [-0.3, -0.25) is 0 Å². The van der Waals surface area contributed by atoms with Gasteiger partial charge in [-0.25, -0.2) is 14.4 Å². The third-order valence-corrected chi connectivity index (χ3v) is 6.50. The maximum Gasteiger partial charge on any atom is 0.341 e. The zero-order valence-electron chi connectivity index (χ0n) is 21.2. The Morgan fingerprint density at radius 2 is 1.10 bits per heavy atom. The van der Waals surface area contributed by atoms with E-state index in [4.69, 9.17) is 21.4 Å². The Morgan fingerprint density at radius 1 is 0.659 bits per heavy atom. The predicted molar refractivity (Wildman–Crippen MR) is 153 cm³/mol. The maximum absolute atomic E-state index is 11.6. The Labute approximate surface area is 238 Å². The number of halogens is 1. The molecule has 0 fully saturated rings. The second-order valence-corrected chi connectivity index (χ2v) is 9.30. The Hall–Kier alpha value is -5.28. The molecule has 0 saturated heterocycles. The number of phenols is 2. The van der Waals surface area contributed by atoms with Gasteiger partial charge in [0.1, 0.15) is 28.4 Å². The number of carbonyl (C=O) groups is 3. The molecule has 5 aromatic carbocycles. The Morgan fingerprint density at radius 3 is 1.51 bits per heavy atom. The SMILES string of the molecule is O=C(O)COc1ccc(Cl)cc1.O=C(O)c1cc2ccccc2c(Cc2c(O)c(C(=O)O)cc3ccccc23)c1O. The molecule has 10 heteroatoms. The van der Waals surface area contributed by atoms with E-state index >= 15 is 0 Å². The number of fused-ring (bicyclic) bond motifs is 2. The van der Waals surface area contributed by atoms with Crippen LogP contribution < -0.4 is 4.74 Å². The van der Waals surface area contributed by atoms with E-state index in [-0.39, 0.29) is 24.2 Å². The van der Waals surface area contributed by atoms with Crippen molar-refractivity contribution in [2.24, 2.45) is 0 Å². The monoisotopic (exact) mass is 574 g/mol. The van der Waals surface area contributed by atoms with E-state index in [2.05, 4.69) is 0 Å². The lowest BCUT2D eigenvalue weighted by Gasteiger charge is -2.16. The minimum absolute atomic E-state index is 0.0407. The van der Waals surface area contributed by atoms with Crippen molar-refractivity contribution in [3.05, 3.63) is 112 Å². The fourth-order valence-electron chi connectivity index (χ4n) is 4.36. The standard InChI is InChI=1S/C23H16O6.C8H7ClO3/c24-20-16(14-7-3-1-5-12(14)9-18(20)22(26)27)11-17-15-8-4-2-6-13(15)10-19(21(17)25)23(28)29;9-6-1-3-7(4-2-6)12-5-8(10)11/h1-10,24-25H,11H2,(H,26,27)(H,28,29);1-4H,5H2,(H,10,11). The van der Waals surface area contributed by atoms with Crippen LogP contribution in [0.25, 0.3) is 21.5 Å². The van der Waals surface area contributed by atoms with Crippen molar-refractivity contribution in [3.63, 3.8) is 0 Å². The van der Waals surface area contributed by atoms with Crippen molar-refractivity contribution < 1.29 is 44.7 Å². The average molecular weight is 575 g/mol. The molecule has 0 aliphatic heterocycles. The zero-order valence-corrected chi connectivity index (χ0v) is 22.0. The van der Waals surface area contributed by atoms with Crippen LogP contribution in [0.2, 0.25) is 5.02 Å². The van der Waals surface area contributed by atoms with Crippen molar-refractivity contribution >= 4 is 51.1 Å². The second-order valence-electron chi connectivity index (χ2n) is 8.87. The lowest BCUT2D eigenvalue weighted by molar-refractivity contribution is -0.139. The van der Waals surface area contributed by atoms with Crippen LogP contribution in [0.5, 0.6) is 17.2 Å². The van der Waals surface area contributed by atoms with Crippen LogP contribution >= 0.6 is 11.6 Å². The summed E-state index contributed by atoms with van der Waals surface area (Å²) in [5, 5.41) is 51.7. The summed E-state index contributed by atoms with van der Waals surface area (Å²) in [7, 11) is 0. The number of benzene rings is 5. The first-order chi connectivity index (χ1) is 19.6. The minimum Gasteiger partial charge on any atom is -0.507 e. The second kappa shape index (κ2) is 12.3. The Bertz CT molecular complexity index is 1680. The molecular weight excluding hydrogens is 552 g/mol. The number of aromatic carboxylic acids is 2. The van der Waals surface area contributed by atoms with Crippen LogP contribution in [0, 0.1) is 0 Å². The summed E-state index contributed by atoms with van der Waals surface area (Å²) in [6.45, 7) is -0.332. The van der Waals surface area contributed by atoms with E-state index < -0.39 is 29.4 Å². The molecule has 41 heavy (non-hydrogen) atoms. The van der Waals surface area contributed by atoms with Gasteiger partial charge in [0.05, 0.1) is 0 Å². The molecule has 0 aliphatic rings. The smallest absolute Gasteiger partial charge is 0.341 e. The quantitative estimate of drug-likeness (QED) is 0.152. The number of hydrogen-bond donors (Lipinski definition) is 5. The molecule has 0 amide bonds. The highest BCUT2D eigenvalue weighted by atomic mass is 35.5. The van der Waals surface area contributed by atoms with Gasteiger partial charge < -0.3 is 30.3 Å². The van der Waals surface area contributed by atoms with Gasteiger partial charge in [0, 0.05) is 22.6 Å². The van der Waals surface area contributed by atoms with Gasteiger partial charge in [-0.2, -0.15) is 0 Å². The number of aliphatic carboxylic acids is 1. The van der Waals surface area contributed by atoms with Gasteiger partial charge in [0.2, 0.25) is 0 Å². The molecule has 0 radical (unpaired) electrons. The topological polar surface area (TPSA) is 162 Å². The first-order valence-corrected chi connectivity index (χ1v) is 12.5. The van der Waals surface area contributed by atoms with Crippen LogP contribution in [0.15, 0.2) is 84.9 Å². The van der Waals surface area contributed by atoms with Crippen LogP contribution in [-0.2, 0) is 11.2 Å². The summed E-state index contributed by atoms with van der Waals surface area (Å²) in [6, 6.07) is 23.3. The van der Waals surface area contributed by atoms with Gasteiger partial charge >= 0.3 is 17.9 Å². The average Bonchev–Trinajstić information content (AvgIpc) is 2.95. The number of hydrogen-bond acceptors (Lipinski definition) is 6. The van der Waals surface area contributed by atoms with Crippen molar-refractivity contribution in [1.82, 2.24) is 0 Å². The molecule has 5 rings (SSSR count). The van der Waals surface area contributed by atoms with Crippen molar-refractivity contribution in [1.29, 1.82) is 0 Å². The lowest BCUT2D eigenvalue weighted by atomic mass is 9.90. The summed E-state index contributed by atoms with van der Waals surface area (Å²) >= 11 is 5.60. The highest BCUT2D eigenvalue weighted by Crippen LogP contribution is 2.38. The third-order valence-electron chi connectivity index (χ3n) is 6.24. The van der Waals surface area contributed by atoms with E-state index in [0.29, 0.717) is 43.4 Å². The number of aromatic hydroxyl groups is 2. The van der Waals surface area contributed by atoms with Gasteiger partial charge in [-0.15, -0.1) is 0 Å². The normalized spacial score (nSPS) is 10.6. The molecule has 0 atom stereocenters. The molecule has 0 heterocycles. The van der Waals surface area contributed by atoms with Crippen molar-refractivity contribution in [2.45, 2.75) is 6.42 Å². The van der Waals surface area contributed by atoms with Crippen LogP contribution in [0.4, 0.5) is 0 Å². The van der Waals surface area contributed by atoms with Gasteiger partial charge in [-0.1, -0.05) is 60.1 Å². The first kappa shape index (κ1) is 28.7. The number of rotatable bonds is 7. The van der Waals surface area contributed by atoms with Crippen molar-refractivity contribution in [2.75, 3.05) is 6.61 Å². The third kappa shape index (κ3) is 6.48. The van der Waals surface area contributed by atoms with Crippen LogP contribution in [0.3, 0.4) is 0 Å². The van der Waals surface area contributed by atoms with Gasteiger partial charge in [0.25, 0.3) is 0 Å². The summed E-state index contributed by atoms with van der Waals surface area (Å²) in [4.78, 5) is 33.3. The lowest BCUT2D eigenvalue weighted by Crippen LogP contribution is -2.09. The molecular formula is C31H23ClO9. The summed E-state index contributed by atoms with van der Waals surface area (Å²) in [5.41, 5.74) is 0.112. The molecule has 0 spiro atoms. The van der Waals surface area contributed by atoms with E-state index in [1.165, 1.54) is 12.1 Å². The van der Waals surface area contributed by atoms with Gasteiger partial charge in [0.15, 0.2) is 6.61 Å². The Balaban J connectivity index is 0.000000271.